The van der Waals surface area contributed by atoms with E-state index in [0.717, 1.165) is 30.4 Å². The monoisotopic (exact) mass is 246 g/mol. The van der Waals surface area contributed by atoms with Crippen LogP contribution < -0.4 is 10.6 Å². The van der Waals surface area contributed by atoms with Crippen molar-refractivity contribution in [2.45, 2.75) is 44.6 Å². The Morgan fingerprint density at radius 3 is 2.72 bits per heavy atom. The zero-order valence-corrected chi connectivity index (χ0v) is 10.9. The van der Waals surface area contributed by atoms with Crippen LogP contribution in [0.5, 0.6) is 0 Å². The number of aromatic nitrogens is 2. The first-order chi connectivity index (χ1) is 8.88. The summed E-state index contributed by atoms with van der Waals surface area (Å²) in [6.45, 7) is 1.79. The van der Waals surface area contributed by atoms with Crippen LogP contribution in [0, 0.1) is 5.92 Å². The number of nitrogens with zero attached hydrogens (tertiary/aromatic N) is 3. The molecular weight excluding hydrogens is 224 g/mol. The maximum Gasteiger partial charge on any atom is 0.225 e. The van der Waals surface area contributed by atoms with E-state index in [1.165, 1.54) is 32.1 Å². The van der Waals surface area contributed by atoms with Crippen molar-refractivity contribution in [3.05, 3.63) is 18.0 Å². The lowest BCUT2D eigenvalue weighted by Gasteiger charge is -2.31. The van der Waals surface area contributed by atoms with Gasteiger partial charge in [0.15, 0.2) is 0 Å². The third kappa shape index (κ3) is 2.21. The Kier molecular flexibility index (Phi) is 3.46. The zero-order chi connectivity index (χ0) is 12.4. The molecule has 0 aromatic carbocycles. The summed E-state index contributed by atoms with van der Waals surface area (Å²) in [6, 6.07) is 0.694. The van der Waals surface area contributed by atoms with Gasteiger partial charge in [-0.25, -0.2) is 9.97 Å². The van der Waals surface area contributed by atoms with E-state index in [1.807, 2.05) is 12.4 Å². The molecule has 2 N–H and O–H groups in total. The molecule has 1 saturated heterocycles. The molecule has 4 heteroatoms. The average molecular weight is 246 g/mol. The van der Waals surface area contributed by atoms with Crippen LogP contribution in [0.3, 0.4) is 0 Å². The van der Waals surface area contributed by atoms with Crippen molar-refractivity contribution >= 4 is 5.95 Å². The summed E-state index contributed by atoms with van der Waals surface area (Å²) in [5.74, 6) is 1.80. The van der Waals surface area contributed by atoms with Gasteiger partial charge < -0.3 is 10.6 Å². The zero-order valence-electron chi connectivity index (χ0n) is 10.9. The third-order valence-corrected chi connectivity index (χ3v) is 4.39. The van der Waals surface area contributed by atoms with Crippen LogP contribution in [0.15, 0.2) is 12.4 Å². The summed E-state index contributed by atoms with van der Waals surface area (Å²) in [7, 11) is 0. The lowest BCUT2D eigenvalue weighted by molar-refractivity contribution is 0.341. The Bertz CT molecular complexity index is 389. The second-order valence-electron chi connectivity index (χ2n) is 5.52. The molecule has 18 heavy (non-hydrogen) atoms. The SMILES string of the molecule is NCCc1cnc(N2CCC3CCCCC32)nc1. The van der Waals surface area contributed by atoms with Crippen molar-refractivity contribution in [3.8, 4) is 0 Å². The molecule has 4 nitrogen and oxygen atoms in total. The van der Waals surface area contributed by atoms with Gasteiger partial charge in [0, 0.05) is 25.0 Å². The van der Waals surface area contributed by atoms with Gasteiger partial charge in [-0.15, -0.1) is 0 Å². The van der Waals surface area contributed by atoms with E-state index in [9.17, 15) is 0 Å². The van der Waals surface area contributed by atoms with Crippen LogP contribution in [0.2, 0.25) is 0 Å². The topological polar surface area (TPSA) is 55.0 Å². The minimum Gasteiger partial charge on any atom is -0.338 e. The first-order valence-electron chi connectivity index (χ1n) is 7.16. The summed E-state index contributed by atoms with van der Waals surface area (Å²) < 4.78 is 0. The molecule has 1 aromatic heterocycles. The predicted molar refractivity (Wildman–Crippen MR) is 72.5 cm³/mol. The summed E-state index contributed by atoms with van der Waals surface area (Å²) >= 11 is 0. The van der Waals surface area contributed by atoms with Crippen molar-refractivity contribution in [2.24, 2.45) is 11.7 Å². The lowest BCUT2D eigenvalue weighted by atomic mass is 9.85. The third-order valence-electron chi connectivity index (χ3n) is 4.39. The molecule has 3 rings (SSSR count). The van der Waals surface area contributed by atoms with Crippen LogP contribution in [0.1, 0.15) is 37.7 Å². The normalized spacial score (nSPS) is 27.3. The van der Waals surface area contributed by atoms with Crippen molar-refractivity contribution in [2.75, 3.05) is 18.0 Å². The van der Waals surface area contributed by atoms with Crippen molar-refractivity contribution in [1.29, 1.82) is 0 Å². The van der Waals surface area contributed by atoms with Crippen molar-refractivity contribution in [3.63, 3.8) is 0 Å². The molecule has 2 unspecified atom stereocenters. The summed E-state index contributed by atoms with van der Waals surface area (Å²) in [5, 5.41) is 0. The van der Waals surface area contributed by atoms with Crippen LogP contribution in [-0.2, 0) is 6.42 Å². The van der Waals surface area contributed by atoms with E-state index in [2.05, 4.69) is 14.9 Å². The molecule has 0 spiro atoms. The fourth-order valence-corrected chi connectivity index (χ4v) is 3.45. The highest BCUT2D eigenvalue weighted by Crippen LogP contribution is 2.37. The quantitative estimate of drug-likeness (QED) is 0.882. The van der Waals surface area contributed by atoms with E-state index in [4.69, 9.17) is 5.73 Å². The standard InChI is InChI=1S/C14H22N4/c15-7-5-11-9-16-14(17-10-11)18-8-6-12-3-1-2-4-13(12)18/h9-10,12-13H,1-8,15H2. The minimum atomic E-state index is 0.664. The van der Waals surface area contributed by atoms with Crippen molar-refractivity contribution in [1.82, 2.24) is 9.97 Å². The molecule has 0 radical (unpaired) electrons. The van der Waals surface area contributed by atoms with Crippen LogP contribution >= 0.6 is 0 Å². The number of nitrogens with two attached hydrogens (primary N) is 1. The van der Waals surface area contributed by atoms with Gasteiger partial charge in [-0.05, 0) is 43.7 Å². The first-order valence-corrected chi connectivity index (χ1v) is 7.16. The summed E-state index contributed by atoms with van der Waals surface area (Å²) in [6.07, 6.45) is 11.5. The maximum absolute atomic E-state index is 5.54. The minimum absolute atomic E-state index is 0.664. The van der Waals surface area contributed by atoms with E-state index in [-0.39, 0.29) is 0 Å². The fourth-order valence-electron chi connectivity index (χ4n) is 3.45. The van der Waals surface area contributed by atoms with Gasteiger partial charge in [0.25, 0.3) is 0 Å². The van der Waals surface area contributed by atoms with E-state index in [0.29, 0.717) is 12.6 Å². The summed E-state index contributed by atoms with van der Waals surface area (Å²) in [4.78, 5) is 11.5. The number of rotatable bonds is 3. The Morgan fingerprint density at radius 1 is 1.17 bits per heavy atom. The lowest BCUT2D eigenvalue weighted by Crippen LogP contribution is -2.35. The van der Waals surface area contributed by atoms with Crippen LogP contribution in [0.25, 0.3) is 0 Å². The molecular formula is C14H22N4. The van der Waals surface area contributed by atoms with Gasteiger partial charge in [-0.2, -0.15) is 0 Å². The van der Waals surface area contributed by atoms with Gasteiger partial charge >= 0.3 is 0 Å². The van der Waals surface area contributed by atoms with E-state index in [1.54, 1.807) is 0 Å². The second kappa shape index (κ2) is 5.22. The summed E-state index contributed by atoms with van der Waals surface area (Å²) in [5.41, 5.74) is 6.68. The largest absolute Gasteiger partial charge is 0.338 e. The fraction of sp³-hybridized carbons (Fsp3) is 0.714. The van der Waals surface area contributed by atoms with E-state index >= 15 is 0 Å². The predicted octanol–water partition coefficient (Wildman–Crippen LogP) is 1.75. The first kappa shape index (κ1) is 11.9. The van der Waals surface area contributed by atoms with E-state index < -0.39 is 0 Å². The molecule has 2 atom stereocenters. The number of hydrogen-bond donors (Lipinski definition) is 1. The Balaban J connectivity index is 1.74. The molecule has 1 aliphatic heterocycles. The Hall–Kier alpha value is -1.16. The van der Waals surface area contributed by atoms with Gasteiger partial charge in [-0.1, -0.05) is 12.8 Å². The van der Waals surface area contributed by atoms with Gasteiger partial charge in [0.05, 0.1) is 0 Å². The average Bonchev–Trinajstić information content (AvgIpc) is 2.84. The molecule has 2 fully saturated rings. The Morgan fingerprint density at radius 2 is 1.94 bits per heavy atom. The molecule has 2 heterocycles. The highest BCUT2D eigenvalue weighted by molar-refractivity contribution is 5.34. The Labute approximate surface area is 109 Å². The van der Waals surface area contributed by atoms with Crippen LogP contribution in [-0.4, -0.2) is 29.1 Å². The molecule has 0 amide bonds. The van der Waals surface area contributed by atoms with Gasteiger partial charge in [-0.3, -0.25) is 0 Å². The molecule has 0 bridgehead atoms. The highest BCUT2D eigenvalue weighted by atomic mass is 15.3. The number of fused-ring (bicyclic) bond motifs is 1. The molecule has 1 aromatic rings. The van der Waals surface area contributed by atoms with Gasteiger partial charge in [0.1, 0.15) is 0 Å². The van der Waals surface area contributed by atoms with Crippen molar-refractivity contribution < 1.29 is 0 Å². The molecule has 98 valence electrons. The number of anilines is 1. The smallest absolute Gasteiger partial charge is 0.225 e. The molecule has 2 aliphatic rings. The maximum atomic E-state index is 5.54. The highest BCUT2D eigenvalue weighted by Gasteiger charge is 2.36. The van der Waals surface area contributed by atoms with Crippen LogP contribution in [0.4, 0.5) is 5.95 Å². The molecule has 1 saturated carbocycles. The van der Waals surface area contributed by atoms with Gasteiger partial charge in [0.2, 0.25) is 5.95 Å². The second-order valence-corrected chi connectivity index (χ2v) is 5.52. The molecule has 1 aliphatic carbocycles. The number of hydrogen-bond acceptors (Lipinski definition) is 4.